The van der Waals surface area contributed by atoms with Gasteiger partial charge in [0.2, 0.25) is 10.0 Å². The van der Waals surface area contributed by atoms with E-state index in [1.807, 2.05) is 18.2 Å². The quantitative estimate of drug-likeness (QED) is 0.818. The van der Waals surface area contributed by atoms with Crippen LogP contribution in [-0.2, 0) is 16.4 Å². The minimum Gasteiger partial charge on any atom is -0.477 e. The molecule has 2 heterocycles. The van der Waals surface area contributed by atoms with Crippen molar-refractivity contribution in [3.05, 3.63) is 46.2 Å². The van der Waals surface area contributed by atoms with Crippen LogP contribution in [-0.4, -0.2) is 39.1 Å². The molecule has 1 aliphatic heterocycles. The highest BCUT2D eigenvalue weighted by molar-refractivity contribution is 7.89. The van der Waals surface area contributed by atoms with Gasteiger partial charge in [-0.05, 0) is 35.9 Å². The lowest BCUT2D eigenvalue weighted by Crippen LogP contribution is -2.37. The maximum absolute atomic E-state index is 12.3. The SMILES string of the molecule is O=C(O)c1sccc1S(=O)(=O)NCCN1CCCc2ccccc21. The van der Waals surface area contributed by atoms with Crippen LogP contribution in [0.1, 0.15) is 21.7 Å². The molecule has 0 saturated carbocycles. The number of rotatable bonds is 6. The fourth-order valence-electron chi connectivity index (χ4n) is 2.90. The Morgan fingerprint density at radius 3 is 2.88 bits per heavy atom. The van der Waals surface area contributed by atoms with Gasteiger partial charge in [0.05, 0.1) is 0 Å². The van der Waals surface area contributed by atoms with E-state index in [1.54, 1.807) is 0 Å². The zero-order valence-electron chi connectivity index (χ0n) is 12.9. The Hall–Kier alpha value is -1.90. The molecule has 0 unspecified atom stereocenters. The van der Waals surface area contributed by atoms with Crippen LogP contribution in [0.4, 0.5) is 5.69 Å². The molecule has 0 fully saturated rings. The summed E-state index contributed by atoms with van der Waals surface area (Å²) >= 11 is 0.908. The second kappa shape index (κ2) is 6.92. The molecule has 2 N–H and O–H groups in total. The highest BCUT2D eigenvalue weighted by Crippen LogP contribution is 2.26. The van der Waals surface area contributed by atoms with Crippen LogP contribution >= 0.6 is 11.3 Å². The van der Waals surface area contributed by atoms with Gasteiger partial charge in [0.25, 0.3) is 0 Å². The third-order valence-electron chi connectivity index (χ3n) is 3.99. The summed E-state index contributed by atoms with van der Waals surface area (Å²) in [4.78, 5) is 12.9. The molecule has 0 atom stereocenters. The van der Waals surface area contributed by atoms with E-state index in [0.29, 0.717) is 6.54 Å². The van der Waals surface area contributed by atoms with Crippen LogP contribution in [0.5, 0.6) is 0 Å². The molecule has 0 saturated heterocycles. The summed E-state index contributed by atoms with van der Waals surface area (Å²) in [6.07, 6.45) is 2.08. The van der Waals surface area contributed by atoms with Gasteiger partial charge in [-0.25, -0.2) is 17.9 Å². The minimum absolute atomic E-state index is 0.161. The fraction of sp³-hybridized carbons (Fsp3) is 0.312. The maximum Gasteiger partial charge on any atom is 0.347 e. The van der Waals surface area contributed by atoms with Crippen molar-refractivity contribution < 1.29 is 18.3 Å². The summed E-state index contributed by atoms with van der Waals surface area (Å²) < 4.78 is 27.1. The van der Waals surface area contributed by atoms with Crippen LogP contribution in [0.3, 0.4) is 0 Å². The normalized spacial score (nSPS) is 14.4. The number of para-hydroxylation sites is 1. The van der Waals surface area contributed by atoms with Crippen LogP contribution in [0, 0.1) is 0 Å². The van der Waals surface area contributed by atoms with Crippen molar-refractivity contribution in [2.24, 2.45) is 0 Å². The van der Waals surface area contributed by atoms with Crippen molar-refractivity contribution in [3.8, 4) is 0 Å². The fourth-order valence-corrected chi connectivity index (χ4v) is 5.18. The summed E-state index contributed by atoms with van der Waals surface area (Å²) in [7, 11) is -3.82. The Morgan fingerprint density at radius 1 is 1.29 bits per heavy atom. The van der Waals surface area contributed by atoms with Crippen LogP contribution in [0.15, 0.2) is 40.6 Å². The Balaban J connectivity index is 1.67. The number of hydrogen-bond donors (Lipinski definition) is 2. The van der Waals surface area contributed by atoms with E-state index in [0.717, 1.165) is 36.4 Å². The molecular weight excluding hydrogens is 348 g/mol. The number of nitrogens with one attached hydrogen (secondary N) is 1. The average Bonchev–Trinajstić information content (AvgIpc) is 3.06. The number of fused-ring (bicyclic) bond motifs is 1. The molecule has 3 rings (SSSR count). The molecule has 0 aliphatic carbocycles. The monoisotopic (exact) mass is 366 g/mol. The van der Waals surface area contributed by atoms with E-state index < -0.39 is 16.0 Å². The van der Waals surface area contributed by atoms with E-state index in [-0.39, 0.29) is 16.3 Å². The van der Waals surface area contributed by atoms with Gasteiger partial charge in [0.15, 0.2) is 0 Å². The Morgan fingerprint density at radius 2 is 2.08 bits per heavy atom. The van der Waals surface area contributed by atoms with Gasteiger partial charge in [-0.15, -0.1) is 11.3 Å². The smallest absolute Gasteiger partial charge is 0.347 e. The van der Waals surface area contributed by atoms with E-state index in [2.05, 4.69) is 15.7 Å². The minimum atomic E-state index is -3.82. The number of nitrogens with zero attached hydrogens (tertiary/aromatic N) is 1. The summed E-state index contributed by atoms with van der Waals surface area (Å²) in [6, 6.07) is 9.45. The number of carboxylic acids is 1. The van der Waals surface area contributed by atoms with Gasteiger partial charge in [-0.3, -0.25) is 0 Å². The molecule has 8 heteroatoms. The van der Waals surface area contributed by atoms with Crippen molar-refractivity contribution in [2.45, 2.75) is 17.7 Å². The summed E-state index contributed by atoms with van der Waals surface area (Å²) in [5.41, 5.74) is 2.42. The lowest BCUT2D eigenvalue weighted by molar-refractivity contribution is 0.0698. The summed E-state index contributed by atoms with van der Waals surface area (Å²) in [5, 5.41) is 10.5. The first-order valence-electron chi connectivity index (χ1n) is 7.62. The Kier molecular flexibility index (Phi) is 4.88. The summed E-state index contributed by atoms with van der Waals surface area (Å²) in [6.45, 7) is 1.66. The molecule has 6 nitrogen and oxygen atoms in total. The molecule has 2 aromatic rings. The predicted molar refractivity (Wildman–Crippen MR) is 93.4 cm³/mol. The van der Waals surface area contributed by atoms with Gasteiger partial charge >= 0.3 is 5.97 Å². The number of aromatic carboxylic acids is 1. The molecule has 24 heavy (non-hydrogen) atoms. The second-order valence-electron chi connectivity index (χ2n) is 5.54. The van der Waals surface area contributed by atoms with Gasteiger partial charge in [0, 0.05) is 25.3 Å². The van der Waals surface area contributed by atoms with Crippen molar-refractivity contribution in [3.63, 3.8) is 0 Å². The van der Waals surface area contributed by atoms with Crippen molar-refractivity contribution in [2.75, 3.05) is 24.5 Å². The maximum atomic E-state index is 12.3. The van der Waals surface area contributed by atoms with Gasteiger partial charge in [0.1, 0.15) is 9.77 Å². The highest BCUT2D eigenvalue weighted by atomic mass is 32.2. The topological polar surface area (TPSA) is 86.7 Å². The number of hydrogen-bond acceptors (Lipinski definition) is 5. The molecule has 0 spiro atoms. The zero-order valence-corrected chi connectivity index (χ0v) is 14.6. The van der Waals surface area contributed by atoms with Crippen LogP contribution in [0.2, 0.25) is 0 Å². The number of carbonyl (C=O) groups is 1. The summed E-state index contributed by atoms with van der Waals surface area (Å²) in [5.74, 6) is -1.23. The molecular formula is C16H18N2O4S2. The van der Waals surface area contributed by atoms with Crippen molar-refractivity contribution in [1.82, 2.24) is 4.72 Å². The molecule has 0 radical (unpaired) electrons. The Bertz CT molecular complexity index is 845. The van der Waals surface area contributed by atoms with E-state index in [1.165, 1.54) is 17.0 Å². The molecule has 0 bridgehead atoms. The third kappa shape index (κ3) is 3.45. The van der Waals surface area contributed by atoms with Crippen LogP contribution < -0.4 is 9.62 Å². The van der Waals surface area contributed by atoms with E-state index in [9.17, 15) is 13.2 Å². The Labute approximate surface area is 144 Å². The highest BCUT2D eigenvalue weighted by Gasteiger charge is 2.24. The van der Waals surface area contributed by atoms with Gasteiger partial charge in [-0.1, -0.05) is 18.2 Å². The lowest BCUT2D eigenvalue weighted by Gasteiger charge is -2.31. The van der Waals surface area contributed by atoms with E-state index >= 15 is 0 Å². The largest absolute Gasteiger partial charge is 0.477 e. The number of sulfonamides is 1. The standard InChI is InChI=1S/C16H18N2O4S2/c19-16(20)15-14(7-11-23-15)24(21,22)17-8-10-18-9-3-5-12-4-1-2-6-13(12)18/h1-2,4,6-7,11,17H,3,5,8-10H2,(H,19,20). The molecule has 1 aromatic heterocycles. The van der Waals surface area contributed by atoms with Crippen molar-refractivity contribution >= 4 is 33.0 Å². The molecule has 0 amide bonds. The molecule has 1 aliphatic rings. The number of anilines is 1. The average molecular weight is 366 g/mol. The van der Waals surface area contributed by atoms with E-state index in [4.69, 9.17) is 5.11 Å². The van der Waals surface area contributed by atoms with Crippen LogP contribution in [0.25, 0.3) is 0 Å². The number of aryl methyl sites for hydroxylation is 1. The van der Waals surface area contributed by atoms with Gasteiger partial charge in [-0.2, -0.15) is 0 Å². The first-order chi connectivity index (χ1) is 11.5. The lowest BCUT2D eigenvalue weighted by atomic mass is 10.0. The second-order valence-corrected chi connectivity index (χ2v) is 8.19. The first-order valence-corrected chi connectivity index (χ1v) is 9.98. The first kappa shape index (κ1) is 16.9. The van der Waals surface area contributed by atoms with Crippen molar-refractivity contribution in [1.29, 1.82) is 0 Å². The predicted octanol–water partition coefficient (Wildman–Crippen LogP) is 2.18. The third-order valence-corrected chi connectivity index (χ3v) is 6.53. The van der Waals surface area contributed by atoms with Gasteiger partial charge < -0.3 is 10.0 Å². The molecule has 1 aromatic carbocycles. The number of carboxylic acid groups (broad SMARTS) is 1. The zero-order chi connectivity index (χ0) is 17.2. The molecule has 128 valence electrons. The number of benzene rings is 1. The number of thiophene rings is 1.